The number of amides is 8. The number of carbonyl (C=O) groups excluding carboxylic acids is 9. The number of fused-ring (bicyclic) bond motifs is 1. The number of rotatable bonds is 26. The van der Waals surface area contributed by atoms with Gasteiger partial charge in [0.15, 0.2) is 6.29 Å². The van der Waals surface area contributed by atoms with Gasteiger partial charge in [-0.25, -0.2) is 23.4 Å². The predicted octanol–water partition coefficient (Wildman–Crippen LogP) is 3.39. The predicted molar refractivity (Wildman–Crippen MR) is 304 cm³/mol. The number of hydrazone groups is 1. The van der Waals surface area contributed by atoms with Crippen LogP contribution in [-0.4, -0.2) is 149 Å². The summed E-state index contributed by atoms with van der Waals surface area (Å²) in [6.45, 7) is -1.46. The van der Waals surface area contributed by atoms with Gasteiger partial charge in [0.05, 0.1) is 82.3 Å². The fourth-order valence-electron chi connectivity index (χ4n) is 8.43. The topological polar surface area (TPSA) is 346 Å². The molecule has 8 amide bonds. The highest BCUT2D eigenvalue weighted by Crippen LogP contribution is 2.45. The summed E-state index contributed by atoms with van der Waals surface area (Å²) in [5.74, 6) is -0.149. The number of alkyl carbamates (subject to hydrolysis) is 1. The summed E-state index contributed by atoms with van der Waals surface area (Å²) >= 11 is 6.11. The van der Waals surface area contributed by atoms with E-state index in [1.165, 1.54) is 31.3 Å². The Morgan fingerprint density at radius 3 is 2.10 bits per heavy atom. The number of nitrogens with zero attached hydrogens (tertiary/aromatic N) is 5. The van der Waals surface area contributed by atoms with Crippen LogP contribution in [0.25, 0.3) is 0 Å². The molecule has 4 aromatic carbocycles. The molecule has 2 aliphatic heterocycles. The molecule has 2 heterocycles. The van der Waals surface area contributed by atoms with Gasteiger partial charge in [-0.05, 0) is 84.9 Å². The lowest BCUT2D eigenvalue weighted by atomic mass is 9.78. The van der Waals surface area contributed by atoms with Crippen molar-refractivity contribution in [3.63, 3.8) is 0 Å². The molecule has 0 radical (unpaired) electrons. The average molecular weight is 1280 g/mol. The Hall–Kier alpha value is -8.80. The Kier molecular flexibility index (Phi) is 24.0. The summed E-state index contributed by atoms with van der Waals surface area (Å²) < 4.78 is 51.3. The number of anilines is 2. The van der Waals surface area contributed by atoms with Crippen LogP contribution >= 0.6 is 31.9 Å². The average Bonchev–Trinajstić information content (AvgIpc) is 1.90. The van der Waals surface area contributed by atoms with Crippen molar-refractivity contribution in [2.24, 2.45) is 32.6 Å². The minimum Gasteiger partial charge on any atom is -0.447 e. The van der Waals surface area contributed by atoms with Gasteiger partial charge in [0.2, 0.25) is 23.6 Å². The highest BCUT2D eigenvalue weighted by Gasteiger charge is 2.47. The first-order valence-electron chi connectivity index (χ1n) is 25.2. The number of imide groups is 1. The Morgan fingerprint density at radius 2 is 1.45 bits per heavy atom. The van der Waals surface area contributed by atoms with Crippen LogP contribution in [0.15, 0.2) is 115 Å². The van der Waals surface area contributed by atoms with Crippen molar-refractivity contribution in [3.05, 3.63) is 139 Å². The molecule has 0 aromatic heterocycles. The second-order valence-corrected chi connectivity index (χ2v) is 19.3. The largest absolute Gasteiger partial charge is 0.447 e. The van der Waals surface area contributed by atoms with Crippen LogP contribution in [0.1, 0.15) is 45.1 Å². The van der Waals surface area contributed by atoms with E-state index in [1.54, 1.807) is 42.5 Å². The van der Waals surface area contributed by atoms with E-state index < -0.39 is 97.0 Å². The molecule has 6 rings (SSSR count). The van der Waals surface area contributed by atoms with Crippen LogP contribution in [0.4, 0.5) is 29.7 Å². The molecule has 0 bridgehead atoms. The van der Waals surface area contributed by atoms with Gasteiger partial charge in [-0.1, -0.05) is 54.6 Å². The van der Waals surface area contributed by atoms with Gasteiger partial charge in [-0.2, -0.15) is 5.10 Å². The van der Waals surface area contributed by atoms with Crippen LogP contribution in [0.2, 0.25) is 0 Å². The summed E-state index contributed by atoms with van der Waals surface area (Å²) in [5, 5.41) is 16.6. The molecule has 0 saturated heterocycles. The maximum absolute atomic E-state index is 15.1. The van der Waals surface area contributed by atoms with Crippen molar-refractivity contribution in [1.82, 2.24) is 26.2 Å². The van der Waals surface area contributed by atoms with Gasteiger partial charge < -0.3 is 57.1 Å². The Morgan fingerprint density at radius 1 is 0.771 bits per heavy atom. The highest BCUT2D eigenvalue weighted by molar-refractivity contribution is 9.14. The van der Waals surface area contributed by atoms with E-state index in [4.69, 9.17) is 30.5 Å². The summed E-state index contributed by atoms with van der Waals surface area (Å²) in [5.41, 5.74) is 7.07. The minimum absolute atomic E-state index is 0.00600. The number of ether oxygens (including phenoxy) is 4. The van der Waals surface area contributed by atoms with Crippen molar-refractivity contribution in [2.75, 3.05) is 76.5 Å². The summed E-state index contributed by atoms with van der Waals surface area (Å²) in [7, 11) is 1.39. The third-order valence-electron chi connectivity index (χ3n) is 12.3. The van der Waals surface area contributed by atoms with Crippen molar-refractivity contribution in [3.8, 4) is 0 Å². The van der Waals surface area contributed by atoms with Crippen molar-refractivity contribution in [1.29, 1.82) is 0 Å². The molecule has 83 heavy (non-hydrogen) atoms. The molecule has 0 fully saturated rings. The van der Waals surface area contributed by atoms with Gasteiger partial charge in [0.25, 0.3) is 11.8 Å². The van der Waals surface area contributed by atoms with Gasteiger partial charge >= 0.3 is 12.2 Å². The fourth-order valence-corrected chi connectivity index (χ4v) is 9.20. The highest BCUT2D eigenvalue weighted by atomic mass is 79.9. The molecule has 0 aliphatic carbocycles. The Balaban J connectivity index is 0.926. The number of amidine groups is 1. The second kappa shape index (κ2) is 31.4. The lowest BCUT2D eigenvalue weighted by Gasteiger charge is -2.42. The zero-order chi connectivity index (χ0) is 60.0. The maximum atomic E-state index is 15.1. The monoisotopic (exact) mass is 1280 g/mol. The van der Waals surface area contributed by atoms with Crippen molar-refractivity contribution in [2.45, 2.75) is 31.5 Å². The molecular formula is C54H56Br2F2N12O13. The van der Waals surface area contributed by atoms with E-state index in [0.29, 0.717) is 23.1 Å². The molecule has 438 valence electrons. The fraction of sp³-hybridized carbons (Fsp3) is 0.296. The molecule has 29 heteroatoms. The number of aliphatic imine (C=N–C) groups is 2. The molecule has 0 spiro atoms. The molecule has 9 N–H and O–H groups in total. The van der Waals surface area contributed by atoms with E-state index in [9.17, 15) is 47.5 Å². The van der Waals surface area contributed by atoms with E-state index in [2.05, 4.69) is 73.5 Å². The van der Waals surface area contributed by atoms with Gasteiger partial charge in [0.1, 0.15) is 45.7 Å². The van der Waals surface area contributed by atoms with Crippen LogP contribution in [0.5, 0.6) is 0 Å². The lowest BCUT2D eigenvalue weighted by Crippen LogP contribution is -2.51. The number of halogens is 4. The normalized spacial score (nSPS) is 15.9. The quantitative estimate of drug-likeness (QED) is 0.00901. The van der Waals surface area contributed by atoms with Crippen LogP contribution < -0.4 is 43.1 Å². The van der Waals surface area contributed by atoms with E-state index in [0.717, 1.165) is 40.4 Å². The lowest BCUT2D eigenvalue weighted by molar-refractivity contribution is -0.138. The SMILES string of the molecule is CN=C(N=CN)[C@H]1/C(=N/N)c2c(C=O)cc(F)cc2N(C(=O)OCCNC(=O)OCc2ccc(NC(=O)CNC(=O)C(Cc3ccccc3)NC(=O)CNC(=O)CCOCCOCCN3C(=O)C(Br)=C(Br)C3=O)cc2)[C@@H]1c1ccc(F)cc1. The van der Waals surface area contributed by atoms with Crippen LogP contribution in [0.3, 0.4) is 0 Å². The maximum Gasteiger partial charge on any atom is 0.414 e. The number of hydrogen-bond acceptors (Lipinski definition) is 16. The molecule has 3 atom stereocenters. The molecule has 25 nitrogen and oxygen atoms in total. The summed E-state index contributed by atoms with van der Waals surface area (Å²) in [4.78, 5) is 125. The van der Waals surface area contributed by atoms with E-state index >= 15 is 4.39 Å². The van der Waals surface area contributed by atoms with Gasteiger partial charge in [0, 0.05) is 36.7 Å². The number of nitrogens with one attached hydrogen (secondary N) is 5. The molecule has 2 aliphatic rings. The number of nitrogens with two attached hydrogens (primary N) is 2. The summed E-state index contributed by atoms with van der Waals surface area (Å²) in [6.07, 6.45) is -0.696. The van der Waals surface area contributed by atoms with Gasteiger partial charge in [-0.15, -0.1) is 0 Å². The molecular weight excluding hydrogens is 1220 g/mol. The number of benzene rings is 4. The smallest absolute Gasteiger partial charge is 0.414 e. The zero-order valence-electron chi connectivity index (χ0n) is 44.2. The first kappa shape index (κ1) is 63.4. The third kappa shape index (κ3) is 17.6. The number of carbonyl (C=O) groups is 9. The molecule has 0 saturated carbocycles. The molecule has 4 aromatic rings. The third-order valence-corrected chi connectivity index (χ3v) is 14.3. The van der Waals surface area contributed by atoms with Crippen molar-refractivity contribution < 1.29 is 70.9 Å². The van der Waals surface area contributed by atoms with Gasteiger partial charge in [-0.3, -0.25) is 48.4 Å². The first-order chi connectivity index (χ1) is 40.0. The Bertz CT molecular complexity index is 3150. The van der Waals surface area contributed by atoms with E-state index in [-0.39, 0.29) is 102 Å². The summed E-state index contributed by atoms with van der Waals surface area (Å²) in [6, 6.07) is 19.6. The number of hydrogen-bond donors (Lipinski definition) is 7. The zero-order valence-corrected chi connectivity index (χ0v) is 47.4. The Labute approximate surface area is 489 Å². The van der Waals surface area contributed by atoms with Crippen molar-refractivity contribution >= 4 is 115 Å². The first-order valence-corrected chi connectivity index (χ1v) is 26.8. The second-order valence-electron chi connectivity index (χ2n) is 17.8. The number of aldehydes is 1. The minimum atomic E-state index is -1.21. The van der Waals surface area contributed by atoms with E-state index in [1.807, 2.05) is 0 Å². The van der Waals surface area contributed by atoms with Crippen LogP contribution in [0, 0.1) is 17.6 Å². The van der Waals surface area contributed by atoms with Crippen LogP contribution in [-0.2, 0) is 60.7 Å². The molecule has 1 unspecified atom stereocenters. The standard InChI is InChI=1S/C54H56Br2F2N12O13/c1-61-49(65-30-59)44-47(68-60)43-34(28-71)24-36(58)25-39(43)70(48(44)33-9-11-35(57)12-10-33)54(79)82-19-16-62-53(78)83-29-32-7-13-37(14-8-32)66-41(73)27-64-50(75)38(23-31-5-3-2-4-6-31)67-42(74)26-63-40(72)15-18-80-21-22-81-20-17-69-51(76)45(55)46(56)52(69)77/h2-14,24-25,28,30,38,44,48H,15-23,26-27,29,60H2,1H3,(H,62,78)(H,63,72)(H,64,75)(H,66,73)(H,67,74)(H2,59,61,65)/b68-47+/t38?,44-,48+/m0/s1.